The molecule has 4 N–H and O–H groups in total. The van der Waals surface area contributed by atoms with Crippen molar-refractivity contribution in [2.75, 3.05) is 18.8 Å². The maximum atomic E-state index is 11.3. The fourth-order valence-electron chi connectivity index (χ4n) is 1.40. The summed E-state index contributed by atoms with van der Waals surface area (Å²) < 4.78 is 25.2. The number of nitrogens with one attached hydrogen (secondary N) is 2. The second-order valence-electron chi connectivity index (χ2n) is 3.61. The summed E-state index contributed by atoms with van der Waals surface area (Å²) in [6.45, 7) is 0.639. The first-order valence-corrected chi connectivity index (χ1v) is 6.65. The summed E-state index contributed by atoms with van der Waals surface area (Å²) in [7, 11) is -3.23. The zero-order valence-electron chi connectivity index (χ0n) is 8.53. The molecular weight excluding hydrogens is 218 g/mol. The van der Waals surface area contributed by atoms with Gasteiger partial charge in [0, 0.05) is 19.0 Å². The molecule has 0 saturated carbocycles. The number of rotatable bonds is 6. The van der Waals surface area contributed by atoms with Crippen molar-refractivity contribution in [3.05, 3.63) is 0 Å². The summed E-state index contributed by atoms with van der Waals surface area (Å²) in [6.07, 6.45) is 1.62. The van der Waals surface area contributed by atoms with Gasteiger partial charge in [-0.2, -0.15) is 0 Å². The van der Waals surface area contributed by atoms with E-state index >= 15 is 0 Å². The molecule has 0 aliphatic carbocycles. The van der Waals surface area contributed by atoms with E-state index in [1.54, 1.807) is 0 Å². The van der Waals surface area contributed by atoms with Crippen LogP contribution in [-0.4, -0.2) is 39.2 Å². The van der Waals surface area contributed by atoms with E-state index in [9.17, 15) is 13.2 Å². The molecule has 0 bridgehead atoms. The maximum Gasteiger partial charge on any atom is 0.220 e. The Balaban J connectivity index is 2.27. The molecule has 0 aromatic heterocycles. The minimum atomic E-state index is -3.23. The van der Waals surface area contributed by atoms with Crippen LogP contribution in [0.4, 0.5) is 0 Å². The van der Waals surface area contributed by atoms with Crippen molar-refractivity contribution in [1.82, 2.24) is 10.0 Å². The van der Waals surface area contributed by atoms with Crippen molar-refractivity contribution in [3.63, 3.8) is 0 Å². The van der Waals surface area contributed by atoms with E-state index in [4.69, 9.17) is 5.73 Å². The minimum Gasteiger partial charge on any atom is -0.352 e. The molecule has 1 unspecified atom stereocenters. The Kier molecular flexibility index (Phi) is 4.49. The third-order valence-corrected chi connectivity index (χ3v) is 3.68. The molecule has 1 rings (SSSR count). The average molecular weight is 235 g/mol. The molecule has 1 amide bonds. The van der Waals surface area contributed by atoms with Crippen molar-refractivity contribution in [1.29, 1.82) is 0 Å². The number of hydrogen-bond acceptors (Lipinski definition) is 4. The van der Waals surface area contributed by atoms with E-state index in [0.29, 0.717) is 25.8 Å². The molecule has 88 valence electrons. The van der Waals surface area contributed by atoms with E-state index in [1.807, 2.05) is 0 Å². The highest BCUT2D eigenvalue weighted by Gasteiger charge is 2.22. The fourth-order valence-corrected chi connectivity index (χ4v) is 2.55. The molecule has 7 heteroatoms. The van der Waals surface area contributed by atoms with E-state index < -0.39 is 10.0 Å². The van der Waals surface area contributed by atoms with Crippen LogP contribution in [0.25, 0.3) is 0 Å². The number of amides is 1. The number of nitrogens with two attached hydrogens (primary N) is 1. The smallest absolute Gasteiger partial charge is 0.220 e. The Morgan fingerprint density at radius 1 is 1.53 bits per heavy atom. The van der Waals surface area contributed by atoms with Gasteiger partial charge in [-0.25, -0.2) is 13.1 Å². The topological polar surface area (TPSA) is 101 Å². The van der Waals surface area contributed by atoms with Crippen LogP contribution in [0, 0.1) is 0 Å². The van der Waals surface area contributed by atoms with Crippen LogP contribution in [-0.2, 0) is 14.8 Å². The predicted molar refractivity (Wildman–Crippen MR) is 56.6 cm³/mol. The van der Waals surface area contributed by atoms with E-state index in [-0.39, 0.29) is 24.2 Å². The van der Waals surface area contributed by atoms with Gasteiger partial charge in [0.2, 0.25) is 15.9 Å². The second-order valence-corrected chi connectivity index (χ2v) is 5.54. The highest BCUT2D eigenvalue weighted by atomic mass is 32.2. The van der Waals surface area contributed by atoms with Crippen LogP contribution in [0.1, 0.15) is 19.3 Å². The van der Waals surface area contributed by atoms with Crippen molar-refractivity contribution in [2.45, 2.75) is 25.3 Å². The largest absolute Gasteiger partial charge is 0.352 e. The lowest BCUT2D eigenvalue weighted by Crippen LogP contribution is -2.39. The second kappa shape index (κ2) is 5.43. The first kappa shape index (κ1) is 12.4. The van der Waals surface area contributed by atoms with Gasteiger partial charge in [0.25, 0.3) is 0 Å². The monoisotopic (exact) mass is 235 g/mol. The van der Waals surface area contributed by atoms with Gasteiger partial charge in [0.1, 0.15) is 0 Å². The summed E-state index contributed by atoms with van der Waals surface area (Å²) in [5, 5.41) is 2.69. The van der Waals surface area contributed by atoms with Gasteiger partial charge >= 0.3 is 0 Å². The van der Waals surface area contributed by atoms with Gasteiger partial charge in [0.05, 0.1) is 5.75 Å². The molecule has 6 nitrogen and oxygen atoms in total. The normalized spacial score (nSPS) is 21.7. The highest BCUT2D eigenvalue weighted by Crippen LogP contribution is 2.05. The summed E-state index contributed by atoms with van der Waals surface area (Å²) in [4.78, 5) is 10.8. The minimum absolute atomic E-state index is 0.0128. The molecular formula is C8H17N3O3S. The summed E-state index contributed by atoms with van der Waals surface area (Å²) in [6, 6.07) is -0.0647. The van der Waals surface area contributed by atoms with Crippen molar-refractivity contribution in [2.24, 2.45) is 5.73 Å². The number of carbonyl (C=O) groups excluding carboxylic acids is 1. The van der Waals surface area contributed by atoms with Crippen molar-refractivity contribution >= 4 is 15.9 Å². The van der Waals surface area contributed by atoms with E-state index in [0.717, 1.165) is 0 Å². The Morgan fingerprint density at radius 2 is 2.27 bits per heavy atom. The Hall–Kier alpha value is -0.660. The molecule has 1 aliphatic heterocycles. The van der Waals surface area contributed by atoms with Gasteiger partial charge < -0.3 is 11.1 Å². The fraction of sp³-hybridized carbons (Fsp3) is 0.875. The van der Waals surface area contributed by atoms with Gasteiger partial charge in [-0.05, 0) is 19.4 Å². The maximum absolute atomic E-state index is 11.3. The first-order valence-electron chi connectivity index (χ1n) is 5.00. The zero-order chi connectivity index (χ0) is 11.3. The molecule has 0 aromatic rings. The lowest BCUT2D eigenvalue weighted by Gasteiger charge is -2.11. The molecule has 1 aliphatic rings. The van der Waals surface area contributed by atoms with Crippen LogP contribution < -0.4 is 15.8 Å². The molecule has 1 heterocycles. The average Bonchev–Trinajstić information content (AvgIpc) is 2.59. The third-order valence-electron chi connectivity index (χ3n) is 2.25. The molecule has 15 heavy (non-hydrogen) atoms. The molecule has 0 aromatic carbocycles. The number of hydrogen-bond donors (Lipinski definition) is 3. The Morgan fingerprint density at radius 3 is 2.80 bits per heavy atom. The lowest BCUT2D eigenvalue weighted by molar-refractivity contribution is -0.119. The Labute approximate surface area is 89.6 Å². The van der Waals surface area contributed by atoms with Gasteiger partial charge in [0.15, 0.2) is 0 Å². The van der Waals surface area contributed by atoms with Crippen LogP contribution in [0.5, 0.6) is 0 Å². The third kappa shape index (κ3) is 4.59. The van der Waals surface area contributed by atoms with Crippen LogP contribution in [0.3, 0.4) is 0 Å². The molecule has 0 spiro atoms. The van der Waals surface area contributed by atoms with Crippen LogP contribution in [0.15, 0.2) is 0 Å². The summed E-state index contributed by atoms with van der Waals surface area (Å²) in [5.41, 5.74) is 5.22. The lowest BCUT2D eigenvalue weighted by atomic mass is 10.2. The summed E-state index contributed by atoms with van der Waals surface area (Å²) >= 11 is 0. The van der Waals surface area contributed by atoms with Gasteiger partial charge in [-0.15, -0.1) is 0 Å². The first-order chi connectivity index (χ1) is 7.03. The van der Waals surface area contributed by atoms with E-state index in [2.05, 4.69) is 10.0 Å². The summed E-state index contributed by atoms with van der Waals surface area (Å²) in [5.74, 6) is 0.0330. The van der Waals surface area contributed by atoms with Crippen molar-refractivity contribution in [3.8, 4) is 0 Å². The van der Waals surface area contributed by atoms with Gasteiger partial charge in [-0.3, -0.25) is 4.79 Å². The van der Waals surface area contributed by atoms with Crippen molar-refractivity contribution < 1.29 is 13.2 Å². The predicted octanol–water partition coefficient (Wildman–Crippen LogP) is -1.47. The zero-order valence-corrected chi connectivity index (χ0v) is 9.35. The number of sulfonamides is 1. The molecule has 0 radical (unpaired) electrons. The highest BCUT2D eigenvalue weighted by molar-refractivity contribution is 7.89. The Bertz CT molecular complexity index is 315. The SMILES string of the molecule is NCCCS(=O)(=O)NCC1CCC(=O)N1. The number of carbonyl (C=O) groups is 1. The molecule has 1 saturated heterocycles. The quantitative estimate of drug-likeness (QED) is 0.523. The molecule has 1 atom stereocenters. The standard InChI is InChI=1S/C8H17N3O3S/c9-4-1-5-15(13,14)10-6-7-2-3-8(12)11-7/h7,10H,1-6,9H2,(H,11,12). The van der Waals surface area contributed by atoms with E-state index in [1.165, 1.54) is 0 Å². The van der Waals surface area contributed by atoms with Crippen LogP contribution in [0.2, 0.25) is 0 Å². The van der Waals surface area contributed by atoms with Gasteiger partial charge in [-0.1, -0.05) is 0 Å². The molecule has 1 fully saturated rings. The van der Waals surface area contributed by atoms with Crippen LogP contribution >= 0.6 is 0 Å².